The van der Waals surface area contributed by atoms with Crippen LogP contribution in [-0.2, 0) is 9.53 Å². The summed E-state index contributed by atoms with van der Waals surface area (Å²) in [7, 11) is 0. The number of nitrogens with two attached hydrogens (primary N) is 1. The average molecular weight is 294 g/mol. The monoisotopic (exact) mass is 294 g/mol. The summed E-state index contributed by atoms with van der Waals surface area (Å²) < 4.78 is 18.5. The van der Waals surface area contributed by atoms with Crippen LogP contribution in [-0.4, -0.2) is 36.0 Å². The van der Waals surface area contributed by atoms with Crippen molar-refractivity contribution in [2.75, 3.05) is 18.9 Å². The maximum Gasteiger partial charge on any atom is 0.328 e. The Hall–Kier alpha value is -2.11. The third kappa shape index (κ3) is 3.32. The highest BCUT2D eigenvalue weighted by atomic mass is 19.1. The van der Waals surface area contributed by atoms with Crippen LogP contribution in [0.25, 0.3) is 0 Å². The summed E-state index contributed by atoms with van der Waals surface area (Å²) in [5, 5.41) is 0. The molecule has 0 bridgehead atoms. The first-order chi connectivity index (χ1) is 10.0. The van der Waals surface area contributed by atoms with E-state index in [0.29, 0.717) is 13.0 Å². The predicted molar refractivity (Wildman–Crippen MR) is 76.1 cm³/mol. The fourth-order valence-corrected chi connectivity index (χ4v) is 2.48. The highest BCUT2D eigenvalue weighted by molar-refractivity contribution is 5.97. The number of carbonyl (C=O) groups excluding carboxylic acids is 2. The van der Waals surface area contributed by atoms with Gasteiger partial charge in [-0.05, 0) is 44.4 Å². The van der Waals surface area contributed by atoms with Gasteiger partial charge in [0.1, 0.15) is 11.9 Å². The van der Waals surface area contributed by atoms with Crippen molar-refractivity contribution in [2.45, 2.75) is 32.2 Å². The smallest absolute Gasteiger partial charge is 0.328 e. The second kappa shape index (κ2) is 6.56. The Balaban J connectivity index is 2.21. The number of rotatable bonds is 3. The Bertz CT molecular complexity index is 548. The highest BCUT2D eigenvalue weighted by Crippen LogP contribution is 2.22. The first-order valence-electron chi connectivity index (χ1n) is 7.07. The van der Waals surface area contributed by atoms with Gasteiger partial charge in [-0.25, -0.2) is 9.18 Å². The molecule has 114 valence electrons. The molecule has 1 aliphatic rings. The van der Waals surface area contributed by atoms with E-state index in [1.807, 2.05) is 0 Å². The lowest BCUT2D eigenvalue weighted by atomic mass is 10.0. The zero-order chi connectivity index (χ0) is 15.4. The number of nitrogens with zero attached hydrogens (tertiary/aromatic N) is 1. The fraction of sp³-hybridized carbons (Fsp3) is 0.467. The topological polar surface area (TPSA) is 72.6 Å². The Morgan fingerprint density at radius 3 is 2.86 bits per heavy atom. The molecule has 21 heavy (non-hydrogen) atoms. The van der Waals surface area contributed by atoms with E-state index in [0.717, 1.165) is 18.9 Å². The van der Waals surface area contributed by atoms with Gasteiger partial charge in [-0.15, -0.1) is 0 Å². The zero-order valence-electron chi connectivity index (χ0n) is 12.0. The van der Waals surface area contributed by atoms with E-state index >= 15 is 0 Å². The normalized spacial score (nSPS) is 18.4. The van der Waals surface area contributed by atoms with Crippen molar-refractivity contribution in [3.05, 3.63) is 29.6 Å². The van der Waals surface area contributed by atoms with Crippen molar-refractivity contribution in [1.29, 1.82) is 0 Å². The summed E-state index contributed by atoms with van der Waals surface area (Å²) in [5.74, 6) is -1.40. The average Bonchev–Trinajstić information content (AvgIpc) is 2.49. The number of esters is 1. The molecule has 6 heteroatoms. The van der Waals surface area contributed by atoms with Crippen LogP contribution in [0.3, 0.4) is 0 Å². The minimum atomic E-state index is -0.634. The summed E-state index contributed by atoms with van der Waals surface area (Å²) in [4.78, 5) is 25.9. The number of halogens is 1. The van der Waals surface area contributed by atoms with Crippen molar-refractivity contribution in [3.63, 3.8) is 0 Å². The van der Waals surface area contributed by atoms with Crippen LogP contribution < -0.4 is 5.73 Å². The van der Waals surface area contributed by atoms with Gasteiger partial charge in [-0.3, -0.25) is 4.79 Å². The third-order valence-corrected chi connectivity index (χ3v) is 3.57. The quantitative estimate of drug-likeness (QED) is 0.683. The van der Waals surface area contributed by atoms with Crippen LogP contribution in [0.15, 0.2) is 18.2 Å². The molecule has 1 unspecified atom stereocenters. The summed E-state index contributed by atoms with van der Waals surface area (Å²) in [6.07, 6.45) is 2.25. The van der Waals surface area contributed by atoms with E-state index < -0.39 is 17.8 Å². The lowest BCUT2D eigenvalue weighted by Gasteiger charge is -2.34. The number of carbonyl (C=O) groups is 2. The van der Waals surface area contributed by atoms with Crippen LogP contribution in [0.1, 0.15) is 36.5 Å². The third-order valence-electron chi connectivity index (χ3n) is 3.57. The second-order valence-electron chi connectivity index (χ2n) is 5.00. The number of anilines is 1. The SMILES string of the molecule is CCOC(=O)C1CCCCN1C(=O)c1ccc(N)c(F)c1. The molecular weight excluding hydrogens is 275 g/mol. The van der Waals surface area contributed by atoms with Crippen LogP contribution in [0.4, 0.5) is 10.1 Å². The van der Waals surface area contributed by atoms with Gasteiger partial charge < -0.3 is 15.4 Å². The van der Waals surface area contributed by atoms with Crippen LogP contribution >= 0.6 is 0 Å². The summed E-state index contributed by atoms with van der Waals surface area (Å²) in [6.45, 7) is 2.46. The van der Waals surface area contributed by atoms with Gasteiger partial charge in [-0.1, -0.05) is 0 Å². The molecule has 1 aliphatic heterocycles. The molecular formula is C15H19FN2O3. The molecule has 1 fully saturated rings. The molecule has 0 saturated carbocycles. The van der Waals surface area contributed by atoms with E-state index in [-0.39, 0.29) is 23.8 Å². The van der Waals surface area contributed by atoms with Gasteiger partial charge >= 0.3 is 5.97 Å². The first kappa shape index (κ1) is 15.3. The van der Waals surface area contributed by atoms with Gasteiger partial charge in [0.15, 0.2) is 0 Å². The van der Waals surface area contributed by atoms with Crippen LogP contribution in [0.2, 0.25) is 0 Å². The summed E-state index contributed by atoms with van der Waals surface area (Å²) in [6, 6.07) is 3.34. The highest BCUT2D eigenvalue weighted by Gasteiger charge is 2.33. The van der Waals surface area contributed by atoms with Crippen molar-refractivity contribution in [3.8, 4) is 0 Å². The van der Waals surface area contributed by atoms with Crippen molar-refractivity contribution < 1.29 is 18.7 Å². The van der Waals surface area contributed by atoms with E-state index in [1.165, 1.54) is 17.0 Å². The molecule has 1 aromatic carbocycles. The number of amides is 1. The van der Waals surface area contributed by atoms with E-state index in [4.69, 9.17) is 10.5 Å². The number of nitrogen functional groups attached to an aromatic ring is 1. The molecule has 0 spiro atoms. The van der Waals surface area contributed by atoms with Crippen molar-refractivity contribution in [2.24, 2.45) is 0 Å². The van der Waals surface area contributed by atoms with Gasteiger partial charge in [0.2, 0.25) is 0 Å². The number of ether oxygens (including phenoxy) is 1. The van der Waals surface area contributed by atoms with Gasteiger partial charge in [-0.2, -0.15) is 0 Å². The minimum Gasteiger partial charge on any atom is -0.464 e. The van der Waals surface area contributed by atoms with Gasteiger partial charge in [0, 0.05) is 12.1 Å². The Labute approximate surface area is 122 Å². The van der Waals surface area contributed by atoms with E-state index in [1.54, 1.807) is 6.92 Å². The molecule has 5 nitrogen and oxygen atoms in total. The largest absolute Gasteiger partial charge is 0.464 e. The van der Waals surface area contributed by atoms with Crippen LogP contribution in [0.5, 0.6) is 0 Å². The molecule has 1 aromatic rings. The zero-order valence-corrected chi connectivity index (χ0v) is 12.0. The molecule has 1 saturated heterocycles. The minimum absolute atomic E-state index is 0.00728. The Morgan fingerprint density at radius 1 is 1.43 bits per heavy atom. The molecule has 0 aromatic heterocycles. The molecule has 0 aliphatic carbocycles. The number of benzene rings is 1. The van der Waals surface area contributed by atoms with Crippen LogP contribution in [0, 0.1) is 5.82 Å². The molecule has 2 rings (SSSR count). The lowest BCUT2D eigenvalue weighted by molar-refractivity contribution is -0.149. The maximum atomic E-state index is 13.5. The standard InChI is InChI=1S/C15H19FN2O3/c1-2-21-15(20)13-5-3-4-8-18(13)14(19)10-6-7-12(17)11(16)9-10/h6-7,9,13H,2-5,8,17H2,1H3. The van der Waals surface area contributed by atoms with Gasteiger partial charge in [0.25, 0.3) is 5.91 Å². The molecule has 2 N–H and O–H groups in total. The number of hydrogen-bond donors (Lipinski definition) is 1. The number of piperidine rings is 1. The van der Waals surface area contributed by atoms with Crippen molar-refractivity contribution >= 4 is 17.6 Å². The van der Waals surface area contributed by atoms with E-state index in [9.17, 15) is 14.0 Å². The molecule has 1 heterocycles. The lowest BCUT2D eigenvalue weighted by Crippen LogP contribution is -2.48. The molecule has 0 radical (unpaired) electrons. The summed E-state index contributed by atoms with van der Waals surface area (Å²) in [5.41, 5.74) is 5.59. The Morgan fingerprint density at radius 2 is 2.19 bits per heavy atom. The molecule has 1 amide bonds. The maximum absolute atomic E-state index is 13.5. The van der Waals surface area contributed by atoms with Gasteiger partial charge in [0.05, 0.1) is 12.3 Å². The summed E-state index contributed by atoms with van der Waals surface area (Å²) >= 11 is 0. The van der Waals surface area contributed by atoms with E-state index in [2.05, 4.69) is 0 Å². The second-order valence-corrected chi connectivity index (χ2v) is 5.00. The number of likely N-dealkylation sites (tertiary alicyclic amines) is 1. The molecule has 1 atom stereocenters. The predicted octanol–water partition coefficient (Wildman–Crippen LogP) is 1.97. The fourth-order valence-electron chi connectivity index (χ4n) is 2.48. The Kier molecular flexibility index (Phi) is 4.77. The van der Waals surface area contributed by atoms with Crippen molar-refractivity contribution in [1.82, 2.24) is 4.90 Å². The number of hydrogen-bond acceptors (Lipinski definition) is 4. The first-order valence-corrected chi connectivity index (χ1v) is 7.07.